The maximum absolute atomic E-state index is 12.9. The summed E-state index contributed by atoms with van der Waals surface area (Å²) in [6.45, 7) is -0.328. The van der Waals surface area contributed by atoms with Crippen molar-refractivity contribution in [1.82, 2.24) is 0 Å². The number of carbonyl (C=O) groups excluding carboxylic acids is 2. The monoisotopic (exact) mass is 279 g/mol. The van der Waals surface area contributed by atoms with Crippen LogP contribution in [0, 0.1) is 11.7 Å². The van der Waals surface area contributed by atoms with Gasteiger partial charge in [-0.05, 0) is 31.0 Å². The minimum absolute atomic E-state index is 0.0780. The molecule has 2 rings (SSSR count). The molecule has 20 heavy (non-hydrogen) atoms. The minimum Gasteiger partial charge on any atom is -0.455 e. The van der Waals surface area contributed by atoms with Crippen molar-refractivity contribution < 1.29 is 18.7 Å². The Labute approximate surface area is 117 Å². The Morgan fingerprint density at radius 2 is 2.00 bits per heavy atom. The average molecular weight is 279 g/mol. The second-order valence-electron chi connectivity index (χ2n) is 5.00. The molecule has 1 aliphatic carbocycles. The van der Waals surface area contributed by atoms with Crippen molar-refractivity contribution in [3.8, 4) is 0 Å². The van der Waals surface area contributed by atoms with Crippen LogP contribution in [0.5, 0.6) is 0 Å². The Bertz CT molecular complexity index is 484. The number of ether oxygens (including phenoxy) is 1. The third kappa shape index (κ3) is 4.33. The molecule has 0 saturated heterocycles. The van der Waals surface area contributed by atoms with Crippen LogP contribution >= 0.6 is 0 Å². The summed E-state index contributed by atoms with van der Waals surface area (Å²) >= 11 is 0. The molecule has 0 spiro atoms. The molecule has 1 N–H and O–H groups in total. The normalized spacial score (nSPS) is 15.7. The van der Waals surface area contributed by atoms with E-state index in [-0.39, 0.29) is 18.5 Å². The Kier molecular flexibility index (Phi) is 5.09. The Morgan fingerprint density at radius 3 is 2.70 bits per heavy atom. The fraction of sp³-hybridized carbons (Fsp3) is 0.467. The van der Waals surface area contributed by atoms with Gasteiger partial charge in [-0.3, -0.25) is 9.59 Å². The number of hydrogen-bond acceptors (Lipinski definition) is 3. The van der Waals surface area contributed by atoms with Crippen molar-refractivity contribution in [3.05, 3.63) is 30.1 Å². The van der Waals surface area contributed by atoms with Crippen molar-refractivity contribution in [2.75, 3.05) is 11.9 Å². The van der Waals surface area contributed by atoms with Gasteiger partial charge in [0.05, 0.1) is 5.92 Å². The smallest absolute Gasteiger partial charge is 0.309 e. The zero-order valence-electron chi connectivity index (χ0n) is 11.2. The third-order valence-corrected chi connectivity index (χ3v) is 3.39. The van der Waals surface area contributed by atoms with E-state index < -0.39 is 11.7 Å². The van der Waals surface area contributed by atoms with Gasteiger partial charge in [0, 0.05) is 5.69 Å². The number of nitrogens with one attached hydrogen (secondary N) is 1. The fourth-order valence-corrected chi connectivity index (χ4v) is 2.36. The molecular weight excluding hydrogens is 261 g/mol. The summed E-state index contributed by atoms with van der Waals surface area (Å²) in [5.74, 6) is -1.27. The lowest BCUT2D eigenvalue weighted by atomic mass is 9.89. The van der Waals surface area contributed by atoms with E-state index in [1.807, 2.05) is 0 Å². The molecule has 108 valence electrons. The number of hydrogen-bond donors (Lipinski definition) is 1. The van der Waals surface area contributed by atoms with E-state index in [1.54, 1.807) is 6.07 Å². The van der Waals surface area contributed by atoms with Gasteiger partial charge >= 0.3 is 5.97 Å². The summed E-state index contributed by atoms with van der Waals surface area (Å²) in [7, 11) is 0. The van der Waals surface area contributed by atoms with Crippen LogP contribution in [0.1, 0.15) is 32.1 Å². The minimum atomic E-state index is -0.459. The summed E-state index contributed by atoms with van der Waals surface area (Å²) in [5, 5.41) is 2.48. The summed E-state index contributed by atoms with van der Waals surface area (Å²) in [6.07, 6.45) is 4.91. The van der Waals surface area contributed by atoms with E-state index in [4.69, 9.17) is 4.74 Å². The molecule has 0 aliphatic heterocycles. The number of esters is 1. The highest BCUT2D eigenvalue weighted by Crippen LogP contribution is 2.24. The second-order valence-corrected chi connectivity index (χ2v) is 5.00. The number of halogens is 1. The Morgan fingerprint density at radius 1 is 1.25 bits per heavy atom. The molecule has 5 heteroatoms. The molecule has 1 aliphatic rings. The molecule has 1 fully saturated rings. The van der Waals surface area contributed by atoms with Crippen LogP contribution < -0.4 is 5.32 Å². The molecule has 1 aromatic carbocycles. The molecule has 1 amide bonds. The number of rotatable bonds is 4. The molecule has 1 aromatic rings. The molecule has 4 nitrogen and oxygen atoms in total. The number of benzene rings is 1. The van der Waals surface area contributed by atoms with Gasteiger partial charge in [-0.15, -0.1) is 0 Å². The summed E-state index contributed by atoms with van der Waals surface area (Å²) in [4.78, 5) is 23.3. The zero-order valence-corrected chi connectivity index (χ0v) is 11.2. The summed E-state index contributed by atoms with van der Waals surface area (Å²) in [5.41, 5.74) is 0.351. The van der Waals surface area contributed by atoms with Crippen molar-refractivity contribution in [2.45, 2.75) is 32.1 Å². The maximum Gasteiger partial charge on any atom is 0.309 e. The van der Waals surface area contributed by atoms with E-state index in [9.17, 15) is 14.0 Å². The Hall–Kier alpha value is -1.91. The SMILES string of the molecule is O=C(COC(=O)C1CCCCC1)Nc1cccc(F)c1. The predicted octanol–water partition coefficient (Wildman–Crippen LogP) is 2.89. The topological polar surface area (TPSA) is 55.4 Å². The van der Waals surface area contributed by atoms with Crippen LogP contribution in [-0.2, 0) is 14.3 Å². The third-order valence-electron chi connectivity index (χ3n) is 3.39. The van der Waals surface area contributed by atoms with Crippen molar-refractivity contribution >= 4 is 17.6 Å². The van der Waals surface area contributed by atoms with E-state index in [2.05, 4.69) is 5.32 Å². The first kappa shape index (κ1) is 14.5. The van der Waals surface area contributed by atoms with Crippen LogP contribution in [0.25, 0.3) is 0 Å². The van der Waals surface area contributed by atoms with Crippen LogP contribution in [0.15, 0.2) is 24.3 Å². The van der Waals surface area contributed by atoms with Gasteiger partial charge in [0.25, 0.3) is 5.91 Å². The first-order chi connectivity index (χ1) is 9.65. The number of amides is 1. The lowest BCUT2D eigenvalue weighted by Crippen LogP contribution is -2.26. The summed E-state index contributed by atoms with van der Waals surface area (Å²) < 4.78 is 17.9. The van der Waals surface area contributed by atoms with Gasteiger partial charge < -0.3 is 10.1 Å². The van der Waals surface area contributed by atoms with Crippen molar-refractivity contribution in [1.29, 1.82) is 0 Å². The van der Waals surface area contributed by atoms with Crippen molar-refractivity contribution in [3.63, 3.8) is 0 Å². The molecule has 1 saturated carbocycles. The van der Waals surface area contributed by atoms with Crippen LogP contribution in [0.2, 0.25) is 0 Å². The highest BCUT2D eigenvalue weighted by atomic mass is 19.1. The summed E-state index contributed by atoms with van der Waals surface area (Å²) in [6, 6.07) is 5.57. The zero-order chi connectivity index (χ0) is 14.4. The highest BCUT2D eigenvalue weighted by Gasteiger charge is 2.23. The molecule has 0 atom stereocenters. The maximum atomic E-state index is 12.9. The van der Waals surface area contributed by atoms with Gasteiger partial charge in [0.15, 0.2) is 6.61 Å². The average Bonchev–Trinajstić information content (AvgIpc) is 2.46. The molecule has 0 radical (unpaired) electrons. The lowest BCUT2D eigenvalue weighted by Gasteiger charge is -2.19. The molecule has 0 heterocycles. The van der Waals surface area contributed by atoms with Crippen LogP contribution in [-0.4, -0.2) is 18.5 Å². The van der Waals surface area contributed by atoms with Crippen molar-refractivity contribution in [2.24, 2.45) is 5.92 Å². The highest BCUT2D eigenvalue weighted by molar-refractivity contribution is 5.92. The molecule has 0 bridgehead atoms. The molecular formula is C15H18FNO3. The van der Waals surface area contributed by atoms with E-state index >= 15 is 0 Å². The van der Waals surface area contributed by atoms with Crippen LogP contribution in [0.4, 0.5) is 10.1 Å². The second kappa shape index (κ2) is 7.03. The van der Waals surface area contributed by atoms with E-state index in [0.717, 1.165) is 32.1 Å². The van der Waals surface area contributed by atoms with Crippen LogP contribution in [0.3, 0.4) is 0 Å². The van der Waals surface area contributed by atoms with E-state index in [1.165, 1.54) is 18.2 Å². The predicted molar refractivity (Wildman–Crippen MR) is 72.6 cm³/mol. The van der Waals surface area contributed by atoms with Gasteiger partial charge in [0.2, 0.25) is 0 Å². The first-order valence-corrected chi connectivity index (χ1v) is 6.87. The number of carbonyl (C=O) groups is 2. The molecule has 0 aromatic heterocycles. The van der Waals surface area contributed by atoms with Gasteiger partial charge in [-0.1, -0.05) is 25.3 Å². The van der Waals surface area contributed by atoms with Gasteiger partial charge in [-0.2, -0.15) is 0 Å². The number of anilines is 1. The lowest BCUT2D eigenvalue weighted by molar-refractivity contribution is -0.152. The largest absolute Gasteiger partial charge is 0.455 e. The van der Waals surface area contributed by atoms with E-state index in [0.29, 0.717) is 5.69 Å². The fourth-order valence-electron chi connectivity index (χ4n) is 2.36. The van der Waals surface area contributed by atoms with Gasteiger partial charge in [0.1, 0.15) is 5.82 Å². The molecule has 0 unspecified atom stereocenters. The first-order valence-electron chi connectivity index (χ1n) is 6.87. The quantitative estimate of drug-likeness (QED) is 0.862. The Balaban J connectivity index is 1.75. The van der Waals surface area contributed by atoms with Gasteiger partial charge in [-0.25, -0.2) is 4.39 Å². The standard InChI is InChI=1S/C15H18FNO3/c16-12-7-4-8-13(9-12)17-14(18)10-20-15(19)11-5-2-1-3-6-11/h4,7-9,11H,1-3,5-6,10H2,(H,17,18).